The molecule has 0 unspecified atom stereocenters. The summed E-state index contributed by atoms with van der Waals surface area (Å²) in [6, 6.07) is 12.5. The summed E-state index contributed by atoms with van der Waals surface area (Å²) in [4.78, 5) is 9.01. The van der Waals surface area contributed by atoms with Crippen LogP contribution in [0.5, 0.6) is 5.75 Å². The number of benzene rings is 1. The predicted molar refractivity (Wildman–Crippen MR) is 107 cm³/mol. The molecule has 0 amide bonds. The number of nitrogens with one attached hydrogen (secondary N) is 2. The first kappa shape index (κ1) is 19.3. The van der Waals surface area contributed by atoms with Gasteiger partial charge >= 0.3 is 0 Å². The Morgan fingerprint density at radius 1 is 1.16 bits per heavy atom. The number of guanidine groups is 1. The Morgan fingerprint density at radius 3 is 2.64 bits per heavy atom. The minimum atomic E-state index is 0.688. The summed E-state index contributed by atoms with van der Waals surface area (Å²) in [6.07, 6.45) is 0. The van der Waals surface area contributed by atoms with E-state index in [-0.39, 0.29) is 0 Å². The molecule has 1 aromatic carbocycles. The smallest absolute Gasteiger partial charge is 0.191 e. The molecule has 0 fully saturated rings. The van der Waals surface area contributed by atoms with Crippen LogP contribution in [-0.2, 0) is 13.1 Å². The van der Waals surface area contributed by atoms with Crippen molar-refractivity contribution < 1.29 is 4.74 Å². The van der Waals surface area contributed by atoms with Gasteiger partial charge in [-0.3, -0.25) is 4.99 Å². The lowest BCUT2D eigenvalue weighted by atomic mass is 10.2. The fraction of sp³-hybridized carbons (Fsp3) is 0.421. The Kier molecular flexibility index (Phi) is 7.76. The van der Waals surface area contributed by atoms with Crippen LogP contribution in [0.3, 0.4) is 0 Å². The summed E-state index contributed by atoms with van der Waals surface area (Å²) < 4.78 is 5.78. The van der Waals surface area contributed by atoms with Gasteiger partial charge in [0.2, 0.25) is 0 Å². The molecule has 6 heteroatoms. The number of aryl methyl sites for hydroxylation is 1. The molecular weight excluding hydrogens is 332 g/mol. The molecule has 2 rings (SSSR count). The number of aliphatic imine (C=N–C) groups is 1. The van der Waals surface area contributed by atoms with Crippen LogP contribution in [0.15, 0.2) is 41.4 Å². The predicted octanol–water partition coefficient (Wildman–Crippen LogP) is 2.86. The lowest BCUT2D eigenvalue weighted by Gasteiger charge is -2.13. The van der Waals surface area contributed by atoms with Gasteiger partial charge in [-0.25, -0.2) is 0 Å². The zero-order valence-electron chi connectivity index (χ0n) is 15.5. The van der Waals surface area contributed by atoms with Crippen LogP contribution in [0, 0.1) is 6.92 Å². The minimum absolute atomic E-state index is 0.688. The summed E-state index contributed by atoms with van der Waals surface area (Å²) in [5, 5.41) is 6.69. The lowest BCUT2D eigenvalue weighted by molar-refractivity contribution is 0.261. The van der Waals surface area contributed by atoms with E-state index in [9.17, 15) is 0 Å². The molecule has 136 valence electrons. The average molecular weight is 361 g/mol. The maximum Gasteiger partial charge on any atom is 0.191 e. The molecule has 25 heavy (non-hydrogen) atoms. The maximum absolute atomic E-state index is 5.78. The molecule has 0 spiro atoms. The van der Waals surface area contributed by atoms with Crippen molar-refractivity contribution in [3.05, 3.63) is 51.7 Å². The zero-order chi connectivity index (χ0) is 18.1. The molecular formula is C19H28N4OS. The minimum Gasteiger partial charge on any atom is -0.492 e. The van der Waals surface area contributed by atoms with Crippen molar-refractivity contribution in [1.29, 1.82) is 0 Å². The Bertz CT molecular complexity index is 682. The van der Waals surface area contributed by atoms with Crippen LogP contribution in [0.1, 0.15) is 15.3 Å². The topological polar surface area (TPSA) is 48.9 Å². The van der Waals surface area contributed by atoms with Gasteiger partial charge in [-0.2, -0.15) is 0 Å². The average Bonchev–Trinajstić information content (AvgIpc) is 3.00. The van der Waals surface area contributed by atoms with Crippen LogP contribution in [0.25, 0.3) is 0 Å². The maximum atomic E-state index is 5.78. The van der Waals surface area contributed by atoms with Crippen molar-refractivity contribution in [2.45, 2.75) is 20.0 Å². The van der Waals surface area contributed by atoms with Crippen molar-refractivity contribution in [1.82, 2.24) is 15.5 Å². The van der Waals surface area contributed by atoms with Crippen LogP contribution < -0.4 is 15.4 Å². The SMILES string of the molecule is CN=C(NCc1cccc(OCCN(C)C)c1)NCc1ccc(C)s1. The fourth-order valence-electron chi connectivity index (χ4n) is 2.25. The van der Waals surface area contributed by atoms with E-state index in [2.05, 4.69) is 51.7 Å². The van der Waals surface area contributed by atoms with E-state index in [1.807, 2.05) is 26.2 Å². The normalized spacial score (nSPS) is 11.6. The van der Waals surface area contributed by atoms with Crippen molar-refractivity contribution >= 4 is 17.3 Å². The van der Waals surface area contributed by atoms with Crippen molar-refractivity contribution in [2.75, 3.05) is 34.3 Å². The first-order chi connectivity index (χ1) is 12.1. The van der Waals surface area contributed by atoms with Gasteiger partial charge in [0.15, 0.2) is 5.96 Å². The number of thiophene rings is 1. The molecule has 0 aliphatic heterocycles. The van der Waals surface area contributed by atoms with E-state index in [0.717, 1.165) is 30.4 Å². The van der Waals surface area contributed by atoms with Gasteiger partial charge in [-0.15, -0.1) is 11.3 Å². The molecule has 1 heterocycles. The van der Waals surface area contributed by atoms with Gasteiger partial charge in [-0.1, -0.05) is 12.1 Å². The van der Waals surface area contributed by atoms with Gasteiger partial charge < -0.3 is 20.3 Å². The third kappa shape index (κ3) is 7.15. The molecule has 1 aromatic heterocycles. The fourth-order valence-corrected chi connectivity index (χ4v) is 3.08. The highest BCUT2D eigenvalue weighted by atomic mass is 32.1. The van der Waals surface area contributed by atoms with Crippen molar-refractivity contribution in [2.24, 2.45) is 4.99 Å². The molecule has 2 N–H and O–H groups in total. The highest BCUT2D eigenvalue weighted by molar-refractivity contribution is 7.11. The van der Waals surface area contributed by atoms with Gasteiger partial charge in [0.25, 0.3) is 0 Å². The highest BCUT2D eigenvalue weighted by Crippen LogP contribution is 2.15. The van der Waals surface area contributed by atoms with E-state index < -0.39 is 0 Å². The molecule has 0 aliphatic carbocycles. The Morgan fingerprint density at radius 2 is 1.96 bits per heavy atom. The van der Waals surface area contributed by atoms with Gasteiger partial charge in [0.1, 0.15) is 12.4 Å². The second-order valence-electron chi connectivity index (χ2n) is 6.09. The summed E-state index contributed by atoms with van der Waals surface area (Å²) in [5.41, 5.74) is 1.16. The monoisotopic (exact) mass is 360 g/mol. The molecule has 5 nitrogen and oxygen atoms in total. The molecule has 0 saturated carbocycles. The largest absolute Gasteiger partial charge is 0.492 e. The van der Waals surface area contributed by atoms with E-state index >= 15 is 0 Å². The van der Waals surface area contributed by atoms with E-state index in [4.69, 9.17) is 4.74 Å². The Hall–Kier alpha value is -2.05. The number of nitrogens with zero attached hydrogens (tertiary/aromatic N) is 2. The molecule has 0 aliphatic rings. The van der Waals surface area contributed by atoms with Gasteiger partial charge in [-0.05, 0) is 50.8 Å². The number of likely N-dealkylation sites (N-methyl/N-ethyl adjacent to an activating group) is 1. The number of hydrogen-bond acceptors (Lipinski definition) is 4. The second-order valence-corrected chi connectivity index (χ2v) is 7.46. The first-order valence-electron chi connectivity index (χ1n) is 8.43. The summed E-state index contributed by atoms with van der Waals surface area (Å²) in [5.74, 6) is 1.70. The van der Waals surface area contributed by atoms with Gasteiger partial charge in [0, 0.05) is 29.9 Å². The quantitative estimate of drug-likeness (QED) is 0.561. The third-order valence-electron chi connectivity index (χ3n) is 3.62. The van der Waals surface area contributed by atoms with Crippen LogP contribution in [-0.4, -0.2) is 45.2 Å². The standard InChI is InChI=1S/C19H28N4OS/c1-15-8-9-18(25-15)14-22-19(20-2)21-13-16-6-5-7-17(12-16)24-11-10-23(3)4/h5-9,12H,10-11,13-14H2,1-4H3,(H2,20,21,22). The van der Waals surface area contributed by atoms with E-state index in [0.29, 0.717) is 13.2 Å². The van der Waals surface area contributed by atoms with E-state index in [1.165, 1.54) is 9.75 Å². The molecule has 0 saturated heterocycles. The number of ether oxygens (including phenoxy) is 1. The second kappa shape index (κ2) is 10.1. The van der Waals surface area contributed by atoms with Crippen LogP contribution in [0.2, 0.25) is 0 Å². The number of hydrogen-bond donors (Lipinski definition) is 2. The number of rotatable bonds is 8. The molecule has 0 bridgehead atoms. The zero-order valence-corrected chi connectivity index (χ0v) is 16.3. The Labute approximate surface area is 154 Å². The van der Waals surface area contributed by atoms with Gasteiger partial charge in [0.05, 0.1) is 6.54 Å². The first-order valence-corrected chi connectivity index (χ1v) is 9.25. The van der Waals surface area contributed by atoms with E-state index in [1.54, 1.807) is 18.4 Å². The van der Waals surface area contributed by atoms with Crippen LogP contribution in [0.4, 0.5) is 0 Å². The molecule has 0 atom stereocenters. The Balaban J connectivity index is 1.80. The molecule has 0 radical (unpaired) electrons. The molecule has 2 aromatic rings. The summed E-state index contributed by atoms with van der Waals surface area (Å²) >= 11 is 1.80. The van der Waals surface area contributed by atoms with Crippen molar-refractivity contribution in [3.8, 4) is 5.75 Å². The third-order valence-corrected chi connectivity index (χ3v) is 4.62. The van der Waals surface area contributed by atoms with Crippen LogP contribution >= 0.6 is 11.3 Å². The summed E-state index contributed by atoms with van der Waals surface area (Å²) in [6.45, 7) is 5.20. The lowest BCUT2D eigenvalue weighted by Crippen LogP contribution is -2.36. The van der Waals surface area contributed by atoms with Crippen molar-refractivity contribution in [3.63, 3.8) is 0 Å². The highest BCUT2D eigenvalue weighted by Gasteiger charge is 2.02. The summed E-state index contributed by atoms with van der Waals surface area (Å²) in [7, 11) is 5.87.